The lowest BCUT2D eigenvalue weighted by molar-refractivity contribution is 0.0946. The van der Waals surface area contributed by atoms with Crippen LogP contribution in [0.4, 0.5) is 11.6 Å². The number of nitrogens with zero attached hydrogens (tertiary/aromatic N) is 2. The van der Waals surface area contributed by atoms with Crippen molar-refractivity contribution in [3.05, 3.63) is 69.8 Å². The lowest BCUT2D eigenvalue weighted by Gasteiger charge is -2.11. The number of ether oxygens (including phenoxy) is 1. The fourth-order valence-electron chi connectivity index (χ4n) is 3.16. The topological polar surface area (TPSA) is 76.1 Å². The molecule has 3 aromatic rings. The smallest absolute Gasteiger partial charge is 0.251 e. The highest BCUT2D eigenvalue weighted by Crippen LogP contribution is 2.33. The molecule has 0 saturated heterocycles. The second-order valence-corrected chi connectivity index (χ2v) is 7.74. The summed E-state index contributed by atoms with van der Waals surface area (Å²) >= 11 is 12.8. The van der Waals surface area contributed by atoms with E-state index in [2.05, 4.69) is 20.6 Å². The van der Waals surface area contributed by atoms with Gasteiger partial charge in [-0.05, 0) is 42.7 Å². The second kappa shape index (κ2) is 9.43. The van der Waals surface area contributed by atoms with Crippen molar-refractivity contribution in [3.63, 3.8) is 0 Å². The van der Waals surface area contributed by atoms with Crippen molar-refractivity contribution in [1.82, 2.24) is 15.3 Å². The highest BCUT2D eigenvalue weighted by atomic mass is 35.5. The molecule has 30 heavy (non-hydrogen) atoms. The number of rotatable bonds is 0. The van der Waals surface area contributed by atoms with Crippen molar-refractivity contribution < 1.29 is 9.53 Å². The first-order chi connectivity index (χ1) is 14.6. The largest absolute Gasteiger partial charge is 0.377 e. The van der Waals surface area contributed by atoms with E-state index in [9.17, 15) is 4.79 Å². The maximum Gasteiger partial charge on any atom is 0.251 e. The molecule has 0 saturated carbocycles. The van der Waals surface area contributed by atoms with Crippen LogP contribution < -0.4 is 10.6 Å². The number of carbonyl (C=O) groups excluding carboxylic acids is 1. The predicted octanol–water partition coefficient (Wildman–Crippen LogP) is 5.23. The first-order valence-corrected chi connectivity index (χ1v) is 10.4. The van der Waals surface area contributed by atoms with E-state index in [4.69, 9.17) is 27.9 Å². The monoisotopic (exact) mass is 442 g/mol. The molecule has 1 aromatic heterocycles. The molecule has 0 spiro atoms. The molecule has 1 amide bonds. The summed E-state index contributed by atoms with van der Waals surface area (Å²) in [5.74, 6) is 0.220. The minimum absolute atomic E-state index is 0.172. The van der Waals surface area contributed by atoms with Crippen molar-refractivity contribution in [2.24, 2.45) is 0 Å². The Labute approximate surface area is 184 Å². The summed E-state index contributed by atoms with van der Waals surface area (Å²) in [6.07, 6.45) is 3.21. The summed E-state index contributed by atoms with van der Waals surface area (Å²) in [6.45, 7) is 1.70. The molecule has 0 unspecified atom stereocenters. The number of hydrogen-bond donors (Lipinski definition) is 2. The highest BCUT2D eigenvalue weighted by molar-refractivity contribution is 6.36. The number of carbonyl (C=O) groups is 1. The van der Waals surface area contributed by atoms with E-state index < -0.39 is 0 Å². The molecule has 8 heteroatoms. The van der Waals surface area contributed by atoms with Crippen LogP contribution in [-0.4, -0.2) is 29.0 Å². The van der Waals surface area contributed by atoms with Crippen LogP contribution in [0.15, 0.2) is 48.7 Å². The van der Waals surface area contributed by atoms with Crippen molar-refractivity contribution in [2.45, 2.75) is 19.4 Å². The Morgan fingerprint density at radius 1 is 1.03 bits per heavy atom. The summed E-state index contributed by atoms with van der Waals surface area (Å²) in [4.78, 5) is 21.2. The molecule has 0 atom stereocenters. The molecule has 2 aliphatic rings. The van der Waals surface area contributed by atoms with Crippen LogP contribution >= 0.6 is 23.2 Å². The zero-order valence-corrected chi connectivity index (χ0v) is 17.6. The van der Waals surface area contributed by atoms with Crippen molar-refractivity contribution in [1.29, 1.82) is 0 Å². The van der Waals surface area contributed by atoms with Gasteiger partial charge in [-0.2, -0.15) is 0 Å². The summed E-state index contributed by atoms with van der Waals surface area (Å²) < 4.78 is 5.75. The van der Waals surface area contributed by atoms with Gasteiger partial charge in [0.05, 0.1) is 28.5 Å². The Kier molecular flexibility index (Phi) is 6.47. The zero-order chi connectivity index (χ0) is 20.9. The van der Waals surface area contributed by atoms with Crippen LogP contribution in [0, 0.1) is 0 Å². The van der Waals surface area contributed by atoms with Crippen LogP contribution in [0.2, 0.25) is 10.0 Å². The highest BCUT2D eigenvalue weighted by Gasteiger charge is 2.15. The van der Waals surface area contributed by atoms with Crippen molar-refractivity contribution in [3.8, 4) is 11.3 Å². The van der Waals surface area contributed by atoms with Gasteiger partial charge in [0, 0.05) is 30.0 Å². The molecule has 6 nitrogen and oxygen atoms in total. The third-order valence-corrected chi connectivity index (χ3v) is 5.27. The summed E-state index contributed by atoms with van der Waals surface area (Å²) in [7, 11) is 0. The molecule has 2 N–H and O–H groups in total. The Hall–Kier alpha value is -2.67. The number of amides is 1. The van der Waals surface area contributed by atoms with Gasteiger partial charge < -0.3 is 15.4 Å². The van der Waals surface area contributed by atoms with E-state index in [0.717, 1.165) is 24.1 Å². The third kappa shape index (κ3) is 4.90. The number of fused-ring (bicyclic) bond motifs is 9. The van der Waals surface area contributed by atoms with Gasteiger partial charge in [-0.1, -0.05) is 41.4 Å². The molecule has 2 aliphatic heterocycles. The molecule has 154 valence electrons. The van der Waals surface area contributed by atoms with E-state index in [1.807, 2.05) is 24.3 Å². The van der Waals surface area contributed by atoms with Crippen LogP contribution in [0.1, 0.15) is 28.8 Å². The fourth-order valence-corrected chi connectivity index (χ4v) is 3.62. The maximum atomic E-state index is 12.4. The van der Waals surface area contributed by atoms with E-state index in [1.54, 1.807) is 18.2 Å². The van der Waals surface area contributed by atoms with Crippen molar-refractivity contribution >= 4 is 40.7 Å². The van der Waals surface area contributed by atoms with Crippen LogP contribution in [0.3, 0.4) is 0 Å². The van der Waals surface area contributed by atoms with Crippen LogP contribution in [0.25, 0.3) is 11.3 Å². The van der Waals surface area contributed by atoms with Crippen molar-refractivity contribution in [2.75, 3.05) is 18.5 Å². The molecule has 0 fully saturated rings. The van der Waals surface area contributed by atoms with Gasteiger partial charge in [0.25, 0.3) is 5.91 Å². The third-order valence-electron chi connectivity index (χ3n) is 4.68. The molecular weight excluding hydrogens is 423 g/mol. The molecule has 6 bridgehead atoms. The standard InChI is InChI=1S/C22H20Cl2N4O2/c23-18-11-15-6-7-17(18)20-19(24)12-26-22(28-20)27-16-5-3-4-14(10-16)13-30-9-2-1-8-25-21(15)29/h3-7,10-12H,1-2,8-9,13H2,(H,25,29)(H,26,27,28). The average molecular weight is 443 g/mol. The van der Waals surface area contributed by atoms with E-state index in [1.165, 1.54) is 6.20 Å². The molecular formula is C22H20Cl2N4O2. The van der Waals surface area contributed by atoms with Crippen LogP contribution in [-0.2, 0) is 11.3 Å². The summed E-state index contributed by atoms with van der Waals surface area (Å²) in [5.41, 5.74) is 3.49. The van der Waals surface area contributed by atoms with E-state index in [0.29, 0.717) is 52.6 Å². The molecule has 0 radical (unpaired) electrons. The van der Waals surface area contributed by atoms with Gasteiger partial charge in [-0.3, -0.25) is 4.79 Å². The lowest BCUT2D eigenvalue weighted by Crippen LogP contribution is -2.24. The summed E-state index contributed by atoms with van der Waals surface area (Å²) in [5, 5.41) is 6.87. The summed E-state index contributed by atoms with van der Waals surface area (Å²) in [6, 6.07) is 13.0. The SMILES string of the molecule is O=C1NCCCCOCc2cccc(c2)Nc2ncc(Cl)c(n2)-c2ccc1cc2Cl. The normalized spacial score (nSPS) is 14.8. The number of halogens is 2. The van der Waals surface area contributed by atoms with Gasteiger partial charge in [-0.15, -0.1) is 0 Å². The number of nitrogens with one attached hydrogen (secondary N) is 2. The number of aromatic nitrogens is 2. The van der Waals surface area contributed by atoms with E-state index in [-0.39, 0.29) is 5.91 Å². The quantitative estimate of drug-likeness (QED) is 0.498. The Bertz CT molecular complexity index is 1070. The lowest BCUT2D eigenvalue weighted by atomic mass is 10.1. The number of benzene rings is 2. The van der Waals surface area contributed by atoms with Gasteiger partial charge in [0.15, 0.2) is 0 Å². The predicted molar refractivity (Wildman–Crippen MR) is 118 cm³/mol. The van der Waals surface area contributed by atoms with Gasteiger partial charge in [-0.25, -0.2) is 9.97 Å². The average Bonchev–Trinajstić information content (AvgIpc) is 2.74. The van der Waals surface area contributed by atoms with Gasteiger partial charge in [0.1, 0.15) is 0 Å². The Balaban J connectivity index is 1.71. The van der Waals surface area contributed by atoms with E-state index >= 15 is 0 Å². The second-order valence-electron chi connectivity index (χ2n) is 6.93. The first kappa shape index (κ1) is 20.6. The number of anilines is 2. The number of hydrogen-bond acceptors (Lipinski definition) is 5. The minimum Gasteiger partial charge on any atom is -0.377 e. The minimum atomic E-state index is -0.172. The van der Waals surface area contributed by atoms with Crippen LogP contribution in [0.5, 0.6) is 0 Å². The molecule has 0 aliphatic carbocycles. The Morgan fingerprint density at radius 2 is 1.93 bits per heavy atom. The van der Waals surface area contributed by atoms with Gasteiger partial charge in [0.2, 0.25) is 5.95 Å². The molecule has 2 aromatic carbocycles. The van der Waals surface area contributed by atoms with Gasteiger partial charge >= 0.3 is 0 Å². The zero-order valence-electron chi connectivity index (χ0n) is 16.1. The maximum absolute atomic E-state index is 12.4. The first-order valence-electron chi connectivity index (χ1n) is 9.64. The molecule has 5 rings (SSSR count). The molecule has 3 heterocycles. The fraction of sp³-hybridized carbons (Fsp3) is 0.227. The Morgan fingerprint density at radius 3 is 2.80 bits per heavy atom.